The molecule has 1 amide bonds. The van der Waals surface area contributed by atoms with Gasteiger partial charge in [0.2, 0.25) is 5.91 Å². The zero-order valence-corrected chi connectivity index (χ0v) is 12.6. The van der Waals surface area contributed by atoms with E-state index in [1.54, 1.807) is 18.4 Å². The van der Waals surface area contributed by atoms with Crippen molar-refractivity contribution in [2.45, 2.75) is 38.0 Å². The number of amides is 1. The summed E-state index contributed by atoms with van der Waals surface area (Å²) in [6.45, 7) is 0.614. The minimum absolute atomic E-state index is 0. The van der Waals surface area contributed by atoms with E-state index in [1.165, 1.54) is 0 Å². The number of halogens is 1. The molecule has 0 aromatic carbocycles. The number of hydrogen-bond acceptors (Lipinski definition) is 4. The van der Waals surface area contributed by atoms with Crippen LogP contribution in [0.1, 0.15) is 24.8 Å². The molecule has 19 heavy (non-hydrogen) atoms. The lowest BCUT2D eigenvalue weighted by Gasteiger charge is -2.32. The van der Waals surface area contributed by atoms with E-state index in [0.29, 0.717) is 6.54 Å². The van der Waals surface area contributed by atoms with Crippen molar-refractivity contribution in [2.75, 3.05) is 7.11 Å². The zero-order valence-electron chi connectivity index (χ0n) is 11.0. The molecule has 0 radical (unpaired) electrons. The first-order valence-electron chi connectivity index (χ1n) is 6.28. The third-order valence-electron chi connectivity index (χ3n) is 3.56. The highest BCUT2D eigenvalue weighted by Crippen LogP contribution is 2.25. The summed E-state index contributed by atoms with van der Waals surface area (Å²) < 4.78 is 5.33. The van der Waals surface area contributed by atoms with Gasteiger partial charge in [-0.15, -0.1) is 12.4 Å². The van der Waals surface area contributed by atoms with Gasteiger partial charge < -0.3 is 15.8 Å². The van der Waals surface area contributed by atoms with Crippen LogP contribution in [0.5, 0.6) is 0 Å². The molecule has 1 aliphatic rings. The number of nitrogens with one attached hydrogen (secondary N) is 1. The molecule has 1 aromatic heterocycles. The van der Waals surface area contributed by atoms with Crippen LogP contribution >= 0.6 is 23.7 Å². The highest BCUT2D eigenvalue weighted by Gasteiger charge is 2.31. The molecule has 1 fully saturated rings. The molecule has 4 nitrogen and oxygen atoms in total. The van der Waals surface area contributed by atoms with Crippen LogP contribution in [-0.2, 0) is 16.1 Å². The SMILES string of the molecule is CO[C@H]1C[C@@H](C(=O)NCc2ccsc2)CC[C@@H]1N.Cl. The Bertz CT molecular complexity index is 386. The number of nitrogens with two attached hydrogens (primary N) is 1. The zero-order chi connectivity index (χ0) is 13.0. The average molecular weight is 305 g/mol. The Kier molecular flexibility index (Phi) is 6.79. The maximum atomic E-state index is 12.1. The monoisotopic (exact) mass is 304 g/mol. The van der Waals surface area contributed by atoms with Gasteiger partial charge >= 0.3 is 0 Å². The highest BCUT2D eigenvalue weighted by molar-refractivity contribution is 7.07. The van der Waals surface area contributed by atoms with Crippen LogP contribution in [0.25, 0.3) is 0 Å². The third-order valence-corrected chi connectivity index (χ3v) is 4.30. The van der Waals surface area contributed by atoms with Gasteiger partial charge in [-0.1, -0.05) is 0 Å². The minimum atomic E-state index is 0. The molecule has 2 rings (SSSR count). The summed E-state index contributed by atoms with van der Waals surface area (Å²) in [7, 11) is 1.66. The van der Waals surface area contributed by atoms with Crippen molar-refractivity contribution < 1.29 is 9.53 Å². The number of methoxy groups -OCH3 is 1. The van der Waals surface area contributed by atoms with Gasteiger partial charge in [-0.3, -0.25) is 4.79 Å². The Balaban J connectivity index is 0.00000180. The average Bonchev–Trinajstić information content (AvgIpc) is 2.89. The molecule has 1 saturated carbocycles. The van der Waals surface area contributed by atoms with Crippen LogP contribution in [0.3, 0.4) is 0 Å². The van der Waals surface area contributed by atoms with Gasteiger partial charge in [0.25, 0.3) is 0 Å². The smallest absolute Gasteiger partial charge is 0.223 e. The van der Waals surface area contributed by atoms with Crippen LogP contribution in [0.15, 0.2) is 16.8 Å². The van der Waals surface area contributed by atoms with E-state index in [1.807, 2.05) is 11.4 Å². The fraction of sp³-hybridized carbons (Fsp3) is 0.615. The van der Waals surface area contributed by atoms with Crippen LogP contribution < -0.4 is 11.1 Å². The van der Waals surface area contributed by atoms with Crippen molar-refractivity contribution in [2.24, 2.45) is 11.7 Å². The maximum Gasteiger partial charge on any atom is 0.223 e. The Morgan fingerprint density at radius 1 is 1.58 bits per heavy atom. The molecule has 1 aromatic rings. The molecule has 0 bridgehead atoms. The normalized spacial score (nSPS) is 26.5. The lowest BCUT2D eigenvalue weighted by molar-refractivity contribution is -0.128. The van der Waals surface area contributed by atoms with Crippen molar-refractivity contribution in [3.05, 3.63) is 22.4 Å². The second kappa shape index (κ2) is 7.85. The molecule has 3 N–H and O–H groups in total. The van der Waals surface area contributed by atoms with Gasteiger partial charge in [0.15, 0.2) is 0 Å². The number of carbonyl (C=O) groups excluding carboxylic acids is 1. The first-order valence-corrected chi connectivity index (χ1v) is 7.22. The number of carbonyl (C=O) groups is 1. The second-order valence-electron chi connectivity index (χ2n) is 4.80. The van der Waals surface area contributed by atoms with Gasteiger partial charge in [-0.05, 0) is 41.7 Å². The summed E-state index contributed by atoms with van der Waals surface area (Å²) in [6, 6.07) is 2.09. The Labute approximate surface area is 124 Å². The van der Waals surface area contributed by atoms with Crippen LogP contribution in [0, 0.1) is 5.92 Å². The summed E-state index contributed by atoms with van der Waals surface area (Å²) in [5.41, 5.74) is 7.10. The van der Waals surface area contributed by atoms with E-state index >= 15 is 0 Å². The number of rotatable bonds is 4. The Morgan fingerprint density at radius 2 is 2.37 bits per heavy atom. The standard InChI is InChI=1S/C13H20N2O2S.ClH/c1-17-12-6-10(2-3-11(12)14)13(16)15-7-9-4-5-18-8-9;/h4-5,8,10-12H,2-3,6-7,14H2,1H3,(H,15,16);1H/t10-,11-,12-;/m0./s1. The summed E-state index contributed by atoms with van der Waals surface area (Å²) in [4.78, 5) is 12.1. The quantitative estimate of drug-likeness (QED) is 0.893. The molecule has 0 aliphatic heterocycles. The third kappa shape index (κ3) is 4.45. The first-order chi connectivity index (χ1) is 8.70. The predicted molar refractivity (Wildman–Crippen MR) is 79.5 cm³/mol. The summed E-state index contributed by atoms with van der Waals surface area (Å²) in [5, 5.41) is 7.05. The van der Waals surface area contributed by atoms with E-state index in [-0.39, 0.29) is 36.4 Å². The molecule has 0 saturated heterocycles. The Morgan fingerprint density at radius 3 is 3.00 bits per heavy atom. The summed E-state index contributed by atoms with van der Waals surface area (Å²) in [6.07, 6.45) is 2.45. The van der Waals surface area contributed by atoms with Gasteiger partial charge in [-0.25, -0.2) is 0 Å². The van der Waals surface area contributed by atoms with Crippen LogP contribution in [0.4, 0.5) is 0 Å². The maximum absolute atomic E-state index is 12.1. The van der Waals surface area contributed by atoms with Crippen LogP contribution in [-0.4, -0.2) is 25.2 Å². The number of thiophene rings is 1. The molecule has 6 heteroatoms. The first kappa shape index (κ1) is 16.4. The lowest BCUT2D eigenvalue weighted by atomic mass is 9.83. The second-order valence-corrected chi connectivity index (χ2v) is 5.58. The van der Waals surface area contributed by atoms with E-state index in [4.69, 9.17) is 10.5 Å². The van der Waals surface area contributed by atoms with Gasteiger partial charge in [0.1, 0.15) is 0 Å². The van der Waals surface area contributed by atoms with Crippen molar-refractivity contribution in [1.82, 2.24) is 5.32 Å². The van der Waals surface area contributed by atoms with Gasteiger partial charge in [-0.2, -0.15) is 11.3 Å². The number of hydrogen-bond donors (Lipinski definition) is 2. The van der Waals surface area contributed by atoms with Crippen molar-refractivity contribution in [1.29, 1.82) is 0 Å². The summed E-state index contributed by atoms with van der Waals surface area (Å²) in [5.74, 6) is 0.156. The molecule has 1 heterocycles. The van der Waals surface area contributed by atoms with Gasteiger partial charge in [0.05, 0.1) is 6.10 Å². The largest absolute Gasteiger partial charge is 0.380 e. The molecule has 3 atom stereocenters. The molecular weight excluding hydrogens is 284 g/mol. The lowest BCUT2D eigenvalue weighted by Crippen LogP contribution is -2.45. The molecule has 1 aliphatic carbocycles. The van der Waals surface area contributed by atoms with Gasteiger partial charge in [0, 0.05) is 25.6 Å². The van der Waals surface area contributed by atoms with Crippen molar-refractivity contribution >= 4 is 29.7 Å². The highest BCUT2D eigenvalue weighted by atomic mass is 35.5. The fourth-order valence-electron chi connectivity index (χ4n) is 2.39. The molecular formula is C13H21ClN2O2S. The number of ether oxygens (including phenoxy) is 1. The van der Waals surface area contributed by atoms with E-state index < -0.39 is 0 Å². The fourth-order valence-corrected chi connectivity index (χ4v) is 3.06. The topological polar surface area (TPSA) is 64.3 Å². The minimum Gasteiger partial charge on any atom is -0.380 e. The predicted octanol–water partition coefficient (Wildman–Crippen LogP) is 1.93. The van der Waals surface area contributed by atoms with Crippen molar-refractivity contribution in [3.63, 3.8) is 0 Å². The summed E-state index contributed by atoms with van der Waals surface area (Å²) >= 11 is 1.64. The van der Waals surface area contributed by atoms with Crippen LogP contribution in [0.2, 0.25) is 0 Å². The molecule has 0 unspecified atom stereocenters. The van der Waals surface area contributed by atoms with E-state index in [9.17, 15) is 4.79 Å². The molecule has 0 spiro atoms. The van der Waals surface area contributed by atoms with E-state index in [0.717, 1.165) is 24.8 Å². The molecule has 108 valence electrons. The van der Waals surface area contributed by atoms with E-state index in [2.05, 4.69) is 10.7 Å². The van der Waals surface area contributed by atoms with Crippen molar-refractivity contribution in [3.8, 4) is 0 Å². The Hall–Kier alpha value is -0.620.